The number of amides is 2. The third-order valence-electron chi connectivity index (χ3n) is 3.40. The van der Waals surface area contributed by atoms with E-state index in [0.717, 1.165) is 24.3 Å². The number of thiazole rings is 1. The van der Waals surface area contributed by atoms with E-state index in [-0.39, 0.29) is 12.1 Å². The molecule has 0 saturated heterocycles. The quantitative estimate of drug-likeness (QED) is 0.880. The summed E-state index contributed by atoms with van der Waals surface area (Å²) < 4.78 is 0. The van der Waals surface area contributed by atoms with E-state index in [9.17, 15) is 4.79 Å². The van der Waals surface area contributed by atoms with Gasteiger partial charge >= 0.3 is 6.03 Å². The van der Waals surface area contributed by atoms with Gasteiger partial charge in [-0.25, -0.2) is 9.78 Å². The minimum absolute atomic E-state index is 0.0357. The number of hydrogen-bond donors (Lipinski definition) is 2. The van der Waals surface area contributed by atoms with Crippen molar-refractivity contribution in [3.63, 3.8) is 0 Å². The smallest absolute Gasteiger partial charge is 0.315 e. The zero-order valence-electron chi connectivity index (χ0n) is 10.8. The Bertz CT molecular complexity index is 360. The van der Waals surface area contributed by atoms with Gasteiger partial charge in [0.05, 0.1) is 6.04 Å². The van der Waals surface area contributed by atoms with Crippen LogP contribution in [0.4, 0.5) is 4.79 Å². The highest BCUT2D eigenvalue weighted by Crippen LogP contribution is 2.20. The monoisotopic (exact) mass is 267 g/mol. The van der Waals surface area contributed by atoms with Gasteiger partial charge in [0.25, 0.3) is 0 Å². The molecule has 0 aliphatic heterocycles. The van der Waals surface area contributed by atoms with Gasteiger partial charge in [-0.1, -0.05) is 26.2 Å². The SMILES string of the molecule is CCC(NC(=O)NC1CCCCC1)c1nccs1. The first-order valence-electron chi connectivity index (χ1n) is 6.76. The lowest BCUT2D eigenvalue weighted by atomic mass is 9.96. The lowest BCUT2D eigenvalue weighted by Crippen LogP contribution is -2.44. The Labute approximate surface area is 112 Å². The largest absolute Gasteiger partial charge is 0.335 e. The summed E-state index contributed by atoms with van der Waals surface area (Å²) in [6.45, 7) is 2.06. The van der Waals surface area contributed by atoms with Crippen LogP contribution in [0.5, 0.6) is 0 Å². The van der Waals surface area contributed by atoms with Gasteiger partial charge in [0.15, 0.2) is 0 Å². The van der Waals surface area contributed by atoms with E-state index in [1.54, 1.807) is 17.5 Å². The Balaban J connectivity index is 1.82. The maximum absolute atomic E-state index is 11.9. The summed E-state index contributed by atoms with van der Waals surface area (Å²) in [5, 5.41) is 9.01. The van der Waals surface area contributed by atoms with E-state index < -0.39 is 0 Å². The highest BCUT2D eigenvalue weighted by atomic mass is 32.1. The zero-order valence-corrected chi connectivity index (χ0v) is 11.6. The molecule has 1 heterocycles. The predicted molar refractivity (Wildman–Crippen MR) is 73.7 cm³/mol. The van der Waals surface area contributed by atoms with Crippen LogP contribution in [-0.4, -0.2) is 17.1 Å². The second-order valence-electron chi connectivity index (χ2n) is 4.78. The van der Waals surface area contributed by atoms with Crippen molar-refractivity contribution in [3.8, 4) is 0 Å². The zero-order chi connectivity index (χ0) is 12.8. The molecule has 2 amide bonds. The van der Waals surface area contributed by atoms with Crippen molar-refractivity contribution in [2.75, 3.05) is 0 Å². The summed E-state index contributed by atoms with van der Waals surface area (Å²) in [7, 11) is 0. The molecule has 2 N–H and O–H groups in total. The van der Waals surface area contributed by atoms with Gasteiger partial charge in [0, 0.05) is 17.6 Å². The molecule has 5 heteroatoms. The Morgan fingerprint density at radius 1 is 1.50 bits per heavy atom. The van der Waals surface area contributed by atoms with Crippen LogP contribution in [0.2, 0.25) is 0 Å². The lowest BCUT2D eigenvalue weighted by Gasteiger charge is -2.24. The molecule has 0 spiro atoms. The van der Waals surface area contributed by atoms with Crippen LogP contribution in [-0.2, 0) is 0 Å². The van der Waals surface area contributed by atoms with Crippen LogP contribution in [0.15, 0.2) is 11.6 Å². The van der Waals surface area contributed by atoms with Gasteiger partial charge in [-0.05, 0) is 19.3 Å². The highest BCUT2D eigenvalue weighted by Gasteiger charge is 2.19. The molecule has 0 bridgehead atoms. The Hall–Kier alpha value is -1.10. The summed E-state index contributed by atoms with van der Waals surface area (Å²) in [5.41, 5.74) is 0. The molecule has 1 fully saturated rings. The van der Waals surface area contributed by atoms with Gasteiger partial charge in [-0.3, -0.25) is 0 Å². The van der Waals surface area contributed by atoms with Crippen LogP contribution >= 0.6 is 11.3 Å². The summed E-state index contributed by atoms with van der Waals surface area (Å²) >= 11 is 1.59. The number of hydrogen-bond acceptors (Lipinski definition) is 3. The van der Waals surface area contributed by atoms with E-state index in [4.69, 9.17) is 0 Å². The molecule has 1 unspecified atom stereocenters. The third kappa shape index (κ3) is 3.70. The topological polar surface area (TPSA) is 54.0 Å². The van der Waals surface area contributed by atoms with Gasteiger partial charge in [0.2, 0.25) is 0 Å². The van der Waals surface area contributed by atoms with Gasteiger partial charge in [0.1, 0.15) is 5.01 Å². The van der Waals surface area contributed by atoms with Crippen LogP contribution in [0.1, 0.15) is 56.5 Å². The van der Waals surface area contributed by atoms with E-state index in [0.29, 0.717) is 6.04 Å². The fourth-order valence-corrected chi connectivity index (χ4v) is 3.15. The van der Waals surface area contributed by atoms with E-state index in [1.807, 2.05) is 5.38 Å². The van der Waals surface area contributed by atoms with Crippen molar-refractivity contribution >= 4 is 17.4 Å². The lowest BCUT2D eigenvalue weighted by molar-refractivity contribution is 0.228. The summed E-state index contributed by atoms with van der Waals surface area (Å²) in [6.07, 6.45) is 8.64. The first-order chi connectivity index (χ1) is 8.79. The third-order valence-corrected chi connectivity index (χ3v) is 4.29. The van der Waals surface area contributed by atoms with E-state index in [1.165, 1.54) is 19.3 Å². The molecule has 0 aromatic carbocycles. The van der Waals surface area contributed by atoms with Crippen LogP contribution in [0.3, 0.4) is 0 Å². The fraction of sp³-hybridized carbons (Fsp3) is 0.692. The number of carbonyl (C=O) groups is 1. The van der Waals surface area contributed by atoms with Crippen molar-refractivity contribution < 1.29 is 4.79 Å². The number of rotatable bonds is 4. The molecule has 0 radical (unpaired) electrons. The van der Waals surface area contributed by atoms with Crippen LogP contribution < -0.4 is 10.6 Å². The first-order valence-corrected chi connectivity index (χ1v) is 7.64. The van der Waals surface area contributed by atoms with E-state index in [2.05, 4.69) is 22.5 Å². The van der Waals surface area contributed by atoms with E-state index >= 15 is 0 Å². The van der Waals surface area contributed by atoms with Gasteiger partial charge < -0.3 is 10.6 Å². The normalized spacial score (nSPS) is 18.3. The molecule has 1 aliphatic rings. The second-order valence-corrected chi connectivity index (χ2v) is 5.71. The minimum Gasteiger partial charge on any atom is -0.335 e. The molecule has 2 rings (SSSR count). The van der Waals surface area contributed by atoms with Crippen molar-refractivity contribution in [1.82, 2.24) is 15.6 Å². The number of nitrogens with zero attached hydrogens (tertiary/aromatic N) is 1. The molecule has 1 aromatic rings. The maximum Gasteiger partial charge on any atom is 0.315 e. The molecule has 1 aliphatic carbocycles. The Morgan fingerprint density at radius 3 is 2.89 bits per heavy atom. The molecule has 1 atom stereocenters. The van der Waals surface area contributed by atoms with Gasteiger partial charge in [-0.2, -0.15) is 0 Å². The summed E-state index contributed by atoms with van der Waals surface area (Å²) in [5.74, 6) is 0. The molecule has 1 saturated carbocycles. The highest BCUT2D eigenvalue weighted by molar-refractivity contribution is 7.09. The fourth-order valence-electron chi connectivity index (χ4n) is 2.38. The molecular formula is C13H21N3OS. The molecule has 100 valence electrons. The molecule has 18 heavy (non-hydrogen) atoms. The Kier molecular flexibility index (Phi) is 4.99. The number of urea groups is 1. The van der Waals surface area contributed by atoms with Crippen molar-refractivity contribution in [1.29, 1.82) is 0 Å². The second kappa shape index (κ2) is 6.73. The number of aromatic nitrogens is 1. The number of nitrogens with one attached hydrogen (secondary N) is 2. The minimum atomic E-state index is -0.0519. The van der Waals surface area contributed by atoms with Gasteiger partial charge in [-0.15, -0.1) is 11.3 Å². The van der Waals surface area contributed by atoms with Crippen molar-refractivity contribution in [2.24, 2.45) is 0 Å². The first kappa shape index (κ1) is 13.3. The summed E-state index contributed by atoms with van der Waals surface area (Å²) in [4.78, 5) is 16.2. The van der Waals surface area contributed by atoms with Crippen molar-refractivity contribution in [2.45, 2.75) is 57.5 Å². The molecule has 4 nitrogen and oxygen atoms in total. The summed E-state index contributed by atoms with van der Waals surface area (Å²) in [6, 6.07) is 0.338. The van der Waals surface area contributed by atoms with Crippen molar-refractivity contribution in [3.05, 3.63) is 16.6 Å². The average Bonchev–Trinajstić information content (AvgIpc) is 2.91. The maximum atomic E-state index is 11.9. The molecular weight excluding hydrogens is 246 g/mol. The molecule has 1 aromatic heterocycles. The van der Waals surface area contributed by atoms with Crippen LogP contribution in [0.25, 0.3) is 0 Å². The standard InChI is InChI=1S/C13H21N3OS/c1-2-11(12-14-8-9-18-12)16-13(17)15-10-6-4-3-5-7-10/h8-11H,2-7H2,1H3,(H2,15,16,17). The van der Waals surface area contributed by atoms with Crippen LogP contribution in [0, 0.1) is 0 Å². The average molecular weight is 267 g/mol. The Morgan fingerprint density at radius 2 is 2.28 bits per heavy atom. The number of carbonyl (C=O) groups excluding carboxylic acids is 1. The predicted octanol–water partition coefficient (Wildman–Crippen LogP) is 3.23.